The van der Waals surface area contributed by atoms with Gasteiger partial charge < -0.3 is 10.2 Å². The lowest BCUT2D eigenvalue weighted by Crippen LogP contribution is -2.35. The molecule has 32 heavy (non-hydrogen) atoms. The number of hydroxylamine groups is 2. The summed E-state index contributed by atoms with van der Waals surface area (Å²) in [4.78, 5) is 40.2. The lowest BCUT2D eigenvalue weighted by atomic mass is 10.1. The van der Waals surface area contributed by atoms with Crippen molar-refractivity contribution in [2.24, 2.45) is 0 Å². The number of aliphatic hydroxyl groups is 2. The van der Waals surface area contributed by atoms with E-state index in [1.54, 1.807) is 12.1 Å². The molecule has 0 saturated heterocycles. The van der Waals surface area contributed by atoms with Crippen molar-refractivity contribution in [2.75, 3.05) is 26.3 Å². The predicted molar refractivity (Wildman–Crippen MR) is 108 cm³/mol. The summed E-state index contributed by atoms with van der Waals surface area (Å²) in [6.07, 6.45) is 0. The van der Waals surface area contributed by atoms with Crippen molar-refractivity contribution in [1.29, 1.82) is 0 Å². The molecular formula is C19H19N3O9S. The van der Waals surface area contributed by atoms with E-state index in [1.165, 1.54) is 12.1 Å². The number of aliphatic hydroxyl groups excluding tert-OH is 2. The highest BCUT2D eigenvalue weighted by molar-refractivity contribution is 7.89. The summed E-state index contributed by atoms with van der Waals surface area (Å²) in [5.41, 5.74) is -0.389. The number of amides is 2. The Morgan fingerprint density at radius 3 is 2.06 bits per heavy atom. The monoisotopic (exact) mass is 465 g/mol. The molecule has 0 radical (unpaired) electrons. The van der Waals surface area contributed by atoms with Gasteiger partial charge in [0.2, 0.25) is 10.0 Å². The van der Waals surface area contributed by atoms with Gasteiger partial charge in [0.15, 0.2) is 0 Å². The van der Waals surface area contributed by atoms with E-state index in [4.69, 9.17) is 15.1 Å². The Bertz CT molecular complexity index is 1130. The van der Waals surface area contributed by atoms with Crippen LogP contribution in [-0.2, 0) is 21.5 Å². The van der Waals surface area contributed by atoms with Gasteiger partial charge in [0.05, 0.1) is 39.7 Å². The lowest BCUT2D eigenvalue weighted by molar-refractivity contribution is -0.386. The zero-order chi connectivity index (χ0) is 23.5. The molecule has 3 rings (SSSR count). The van der Waals surface area contributed by atoms with E-state index in [0.717, 1.165) is 22.5 Å². The third kappa shape index (κ3) is 4.37. The van der Waals surface area contributed by atoms with Gasteiger partial charge in [-0.1, -0.05) is 12.1 Å². The maximum absolute atomic E-state index is 12.7. The van der Waals surface area contributed by atoms with Crippen LogP contribution in [0.15, 0.2) is 47.4 Å². The molecule has 1 aliphatic heterocycles. The molecule has 2 amide bonds. The molecule has 0 bridgehead atoms. The molecule has 0 fully saturated rings. The molecule has 0 saturated carbocycles. The maximum atomic E-state index is 12.7. The molecule has 0 unspecified atom stereocenters. The van der Waals surface area contributed by atoms with Crippen LogP contribution in [0, 0.1) is 10.1 Å². The minimum atomic E-state index is -4.23. The van der Waals surface area contributed by atoms with Gasteiger partial charge in [-0.15, -0.1) is 5.06 Å². The molecule has 2 aromatic carbocycles. The second-order valence-electron chi connectivity index (χ2n) is 6.62. The van der Waals surface area contributed by atoms with Crippen LogP contribution in [-0.4, -0.2) is 71.0 Å². The first kappa shape index (κ1) is 23.4. The highest BCUT2D eigenvalue weighted by Gasteiger charge is 2.37. The van der Waals surface area contributed by atoms with Crippen molar-refractivity contribution < 1.29 is 38.0 Å². The fraction of sp³-hybridized carbons (Fsp3) is 0.263. The summed E-state index contributed by atoms with van der Waals surface area (Å²) in [5.74, 6) is -1.42. The van der Waals surface area contributed by atoms with Crippen LogP contribution in [0.4, 0.5) is 5.69 Å². The predicted octanol–water partition coefficient (Wildman–Crippen LogP) is 0.298. The smallest absolute Gasteiger partial charge is 0.285 e. The first-order valence-corrected chi connectivity index (χ1v) is 10.8. The molecule has 13 heteroatoms. The molecule has 0 aliphatic carbocycles. The van der Waals surface area contributed by atoms with Crippen molar-refractivity contribution in [3.05, 3.63) is 69.3 Å². The summed E-state index contributed by atoms with van der Waals surface area (Å²) in [5, 5.41) is 30.2. The fourth-order valence-electron chi connectivity index (χ4n) is 3.14. The third-order valence-corrected chi connectivity index (χ3v) is 6.59. The zero-order valence-electron chi connectivity index (χ0n) is 16.6. The second-order valence-corrected chi connectivity index (χ2v) is 8.56. The number of fused-ring (bicyclic) bond motifs is 1. The minimum Gasteiger partial charge on any atom is -0.395 e. The summed E-state index contributed by atoms with van der Waals surface area (Å²) in [6, 6.07) is 9.11. The zero-order valence-corrected chi connectivity index (χ0v) is 17.4. The van der Waals surface area contributed by atoms with Crippen LogP contribution in [0.5, 0.6) is 0 Å². The first-order chi connectivity index (χ1) is 15.2. The van der Waals surface area contributed by atoms with Crippen LogP contribution in [0.25, 0.3) is 0 Å². The highest BCUT2D eigenvalue weighted by atomic mass is 32.2. The molecule has 0 spiro atoms. The van der Waals surface area contributed by atoms with Crippen molar-refractivity contribution in [3.8, 4) is 0 Å². The Hall–Kier alpha value is -3.23. The van der Waals surface area contributed by atoms with E-state index in [9.17, 15) is 28.1 Å². The van der Waals surface area contributed by atoms with E-state index in [0.29, 0.717) is 5.06 Å². The van der Waals surface area contributed by atoms with E-state index in [1.807, 2.05) is 0 Å². The molecule has 1 aliphatic rings. The quantitative estimate of drug-likeness (QED) is 0.285. The van der Waals surface area contributed by atoms with E-state index in [2.05, 4.69) is 0 Å². The van der Waals surface area contributed by atoms with E-state index < -0.39 is 57.2 Å². The highest BCUT2D eigenvalue weighted by Crippen LogP contribution is 2.28. The molecule has 0 atom stereocenters. The number of imide groups is 1. The standard InChI is InChI=1S/C19H19N3O9S/c23-9-7-20(8-10-24)32(29,30)14-6-5-13(17(11-14)22(27)28)12-31-21-18(25)15-3-1-2-4-16(15)19(21)26/h1-6,11,23-24H,7-10,12H2. The molecule has 0 aromatic heterocycles. The van der Waals surface area contributed by atoms with Crippen LogP contribution in [0.2, 0.25) is 0 Å². The fourth-order valence-corrected chi connectivity index (χ4v) is 4.58. The number of carbonyl (C=O) groups is 2. The lowest BCUT2D eigenvalue weighted by Gasteiger charge is -2.20. The van der Waals surface area contributed by atoms with Crippen molar-refractivity contribution in [2.45, 2.75) is 11.5 Å². The Kier molecular flexibility index (Phi) is 6.96. The Morgan fingerprint density at radius 2 is 1.56 bits per heavy atom. The number of benzene rings is 2. The third-order valence-electron chi connectivity index (χ3n) is 4.70. The van der Waals surface area contributed by atoms with Gasteiger partial charge in [-0.2, -0.15) is 4.31 Å². The molecule has 12 nitrogen and oxygen atoms in total. The van der Waals surface area contributed by atoms with Crippen molar-refractivity contribution in [1.82, 2.24) is 9.37 Å². The second kappa shape index (κ2) is 9.50. The summed E-state index contributed by atoms with van der Waals surface area (Å²) < 4.78 is 26.3. The molecule has 1 heterocycles. The van der Waals surface area contributed by atoms with Crippen molar-refractivity contribution in [3.63, 3.8) is 0 Å². The van der Waals surface area contributed by atoms with Crippen LogP contribution >= 0.6 is 0 Å². The SMILES string of the molecule is O=C1c2ccccc2C(=O)N1OCc1ccc(S(=O)(=O)N(CCO)CCO)cc1[N+](=O)[O-]. The maximum Gasteiger partial charge on any atom is 0.285 e. The Labute approximate surface area is 182 Å². The van der Waals surface area contributed by atoms with Gasteiger partial charge in [0, 0.05) is 19.2 Å². The van der Waals surface area contributed by atoms with Gasteiger partial charge in [-0.05, 0) is 24.3 Å². The first-order valence-electron chi connectivity index (χ1n) is 9.32. The van der Waals surface area contributed by atoms with Gasteiger partial charge in [0.25, 0.3) is 17.5 Å². The molecule has 2 N–H and O–H groups in total. The molecule has 2 aromatic rings. The largest absolute Gasteiger partial charge is 0.395 e. The van der Waals surface area contributed by atoms with Crippen LogP contribution in [0.3, 0.4) is 0 Å². The van der Waals surface area contributed by atoms with Crippen molar-refractivity contribution >= 4 is 27.5 Å². The van der Waals surface area contributed by atoms with Gasteiger partial charge >= 0.3 is 0 Å². The Balaban J connectivity index is 1.85. The number of carbonyl (C=O) groups excluding carboxylic acids is 2. The molecule has 170 valence electrons. The summed E-state index contributed by atoms with van der Waals surface area (Å²) in [7, 11) is -4.23. The van der Waals surface area contributed by atoms with Crippen LogP contribution < -0.4 is 0 Å². The van der Waals surface area contributed by atoms with Gasteiger partial charge in [0.1, 0.15) is 6.61 Å². The number of rotatable bonds is 10. The number of nitro groups is 1. The number of nitro benzene ring substituents is 1. The number of nitrogens with zero attached hydrogens (tertiary/aromatic N) is 3. The molecular weight excluding hydrogens is 446 g/mol. The average molecular weight is 465 g/mol. The van der Waals surface area contributed by atoms with Gasteiger partial charge in [-0.3, -0.25) is 24.5 Å². The average Bonchev–Trinajstić information content (AvgIpc) is 3.02. The van der Waals surface area contributed by atoms with Gasteiger partial charge in [-0.25, -0.2) is 8.42 Å². The summed E-state index contributed by atoms with van der Waals surface area (Å²) >= 11 is 0. The Morgan fingerprint density at radius 1 is 1.00 bits per heavy atom. The summed E-state index contributed by atoms with van der Waals surface area (Å²) in [6.45, 7) is -2.16. The van der Waals surface area contributed by atoms with E-state index >= 15 is 0 Å². The number of hydrogen-bond donors (Lipinski definition) is 2. The van der Waals surface area contributed by atoms with E-state index in [-0.39, 0.29) is 29.8 Å². The normalized spacial score (nSPS) is 13.7. The minimum absolute atomic E-state index is 0.0682. The number of hydrogen-bond acceptors (Lipinski definition) is 9. The topological polar surface area (TPSA) is 168 Å². The number of sulfonamides is 1. The van der Waals surface area contributed by atoms with Crippen LogP contribution in [0.1, 0.15) is 26.3 Å².